The lowest BCUT2D eigenvalue weighted by atomic mass is 10.1. The number of nitrogens with one attached hydrogen (secondary N) is 1. The van der Waals surface area contributed by atoms with Crippen molar-refractivity contribution in [2.45, 2.75) is 46.0 Å². The fourth-order valence-corrected chi connectivity index (χ4v) is 2.07. The summed E-state index contributed by atoms with van der Waals surface area (Å²) in [5.41, 5.74) is 0. The van der Waals surface area contributed by atoms with Crippen molar-refractivity contribution in [2.75, 3.05) is 13.7 Å². The van der Waals surface area contributed by atoms with E-state index in [4.69, 9.17) is 0 Å². The number of fused-ring (bicyclic) bond motifs is 1. The molecular formula is C15H27NO2. The number of hydrogen-bond acceptors (Lipinski definition) is 2. The summed E-state index contributed by atoms with van der Waals surface area (Å²) in [5, 5.41) is 2.57. The Morgan fingerprint density at radius 3 is 2.33 bits per heavy atom. The van der Waals surface area contributed by atoms with E-state index in [1.54, 1.807) is 0 Å². The number of carbonyl (C=O) groups is 1. The van der Waals surface area contributed by atoms with Gasteiger partial charge < -0.3 is 10.1 Å². The quantitative estimate of drug-likeness (QED) is 0.766. The molecule has 3 heteroatoms. The molecule has 2 aliphatic rings. The third-order valence-electron chi connectivity index (χ3n) is 3.31. The molecule has 0 aromatic rings. The van der Waals surface area contributed by atoms with Crippen LogP contribution in [-0.4, -0.2) is 19.7 Å². The van der Waals surface area contributed by atoms with Gasteiger partial charge in [0.2, 0.25) is 0 Å². The van der Waals surface area contributed by atoms with E-state index in [9.17, 15) is 4.79 Å². The van der Waals surface area contributed by atoms with E-state index in [1.165, 1.54) is 39.2 Å². The van der Waals surface area contributed by atoms with Gasteiger partial charge in [-0.1, -0.05) is 13.8 Å². The van der Waals surface area contributed by atoms with Crippen LogP contribution in [0.1, 0.15) is 47.4 Å². The van der Waals surface area contributed by atoms with Crippen molar-refractivity contribution in [2.24, 2.45) is 17.8 Å². The number of carbonyl (C=O) groups excluding carboxylic acids is 1. The van der Waals surface area contributed by atoms with Crippen LogP contribution in [-0.2, 0) is 4.74 Å². The molecule has 3 nitrogen and oxygen atoms in total. The summed E-state index contributed by atoms with van der Waals surface area (Å²) in [4.78, 5) is 10.4. The molecule has 0 radical (unpaired) electrons. The lowest BCUT2D eigenvalue weighted by Gasteiger charge is -2.04. The van der Waals surface area contributed by atoms with Crippen LogP contribution >= 0.6 is 0 Å². The minimum absolute atomic E-state index is 0. The van der Waals surface area contributed by atoms with Gasteiger partial charge in [-0.25, -0.2) is 4.79 Å². The minimum Gasteiger partial charge on any atom is -0.453 e. The average Bonchev–Trinajstić information content (AvgIpc) is 3.04. The molecule has 0 heterocycles. The van der Waals surface area contributed by atoms with Gasteiger partial charge in [-0.2, -0.15) is 0 Å². The first-order valence-corrected chi connectivity index (χ1v) is 6.91. The third-order valence-corrected chi connectivity index (χ3v) is 3.31. The Kier molecular flexibility index (Phi) is 6.64. The van der Waals surface area contributed by atoms with E-state index in [0.717, 1.165) is 11.8 Å². The predicted molar refractivity (Wildman–Crippen MR) is 75.2 cm³/mol. The molecule has 0 aromatic carbocycles. The molecular weight excluding hydrogens is 226 g/mol. The summed E-state index contributed by atoms with van der Waals surface area (Å²) in [5.74, 6) is 9.03. The molecule has 0 saturated heterocycles. The molecule has 0 spiro atoms. The zero-order valence-corrected chi connectivity index (χ0v) is 11.8. The Morgan fingerprint density at radius 2 is 1.89 bits per heavy atom. The monoisotopic (exact) mass is 253 g/mol. The number of rotatable bonds is 2. The van der Waals surface area contributed by atoms with Crippen molar-refractivity contribution in [1.29, 1.82) is 0 Å². The van der Waals surface area contributed by atoms with Crippen LogP contribution in [0.4, 0.5) is 4.79 Å². The molecule has 2 aliphatic carbocycles. The first kappa shape index (κ1) is 14.9. The van der Waals surface area contributed by atoms with Crippen molar-refractivity contribution >= 4 is 6.09 Å². The third kappa shape index (κ3) is 6.54. The summed E-state index contributed by atoms with van der Waals surface area (Å²) in [7, 11) is 1.36. The van der Waals surface area contributed by atoms with E-state index in [-0.39, 0.29) is 7.52 Å². The topological polar surface area (TPSA) is 38.3 Å². The second kappa shape index (κ2) is 8.02. The maximum atomic E-state index is 10.4. The van der Waals surface area contributed by atoms with Gasteiger partial charge in [-0.15, -0.1) is 11.8 Å². The SMILES string of the molecule is C1#CCC[C@H]2C[C@H]2CC1.COC(=O)NCC(C)C.[HH]. The van der Waals surface area contributed by atoms with Gasteiger partial charge in [-0.3, -0.25) is 0 Å². The summed E-state index contributed by atoms with van der Waals surface area (Å²) in [6.07, 6.45) is 6.25. The van der Waals surface area contributed by atoms with Crippen LogP contribution < -0.4 is 5.32 Å². The zero-order valence-electron chi connectivity index (χ0n) is 11.8. The van der Waals surface area contributed by atoms with Crippen LogP contribution in [0, 0.1) is 29.6 Å². The van der Waals surface area contributed by atoms with Crippen molar-refractivity contribution in [3.63, 3.8) is 0 Å². The maximum Gasteiger partial charge on any atom is 0.406 e. The van der Waals surface area contributed by atoms with E-state index in [0.29, 0.717) is 12.5 Å². The lowest BCUT2D eigenvalue weighted by Crippen LogP contribution is -2.26. The first-order chi connectivity index (χ1) is 8.63. The molecule has 0 aromatic heterocycles. The Balaban J connectivity index is 0.000000324. The van der Waals surface area contributed by atoms with Crippen molar-refractivity contribution < 1.29 is 11.0 Å². The van der Waals surface area contributed by atoms with Gasteiger partial charge >= 0.3 is 6.09 Å². The van der Waals surface area contributed by atoms with Crippen molar-refractivity contribution in [3.8, 4) is 11.8 Å². The predicted octanol–water partition coefficient (Wildman–Crippen LogP) is 3.44. The molecule has 0 unspecified atom stereocenters. The first-order valence-electron chi connectivity index (χ1n) is 6.91. The van der Waals surface area contributed by atoms with Gasteiger partial charge in [0.15, 0.2) is 0 Å². The maximum absolute atomic E-state index is 10.4. The Hall–Kier alpha value is -1.17. The molecule has 2 rings (SSSR count). The Bertz CT molecular complexity index is 304. The van der Waals surface area contributed by atoms with Gasteiger partial charge in [0, 0.05) is 20.8 Å². The largest absolute Gasteiger partial charge is 0.453 e. The molecule has 1 fully saturated rings. The van der Waals surface area contributed by atoms with E-state index >= 15 is 0 Å². The Morgan fingerprint density at radius 1 is 1.33 bits per heavy atom. The number of amides is 1. The minimum atomic E-state index is -0.358. The summed E-state index contributed by atoms with van der Waals surface area (Å²) >= 11 is 0. The van der Waals surface area contributed by atoms with E-state index < -0.39 is 0 Å². The van der Waals surface area contributed by atoms with Crippen LogP contribution in [0.3, 0.4) is 0 Å². The second-order valence-electron chi connectivity index (χ2n) is 5.45. The second-order valence-corrected chi connectivity index (χ2v) is 5.45. The molecule has 2 atom stereocenters. The summed E-state index contributed by atoms with van der Waals surface area (Å²) in [6.45, 7) is 4.72. The van der Waals surface area contributed by atoms with Crippen LogP contribution in [0.15, 0.2) is 0 Å². The lowest BCUT2D eigenvalue weighted by molar-refractivity contribution is 0.169. The number of methoxy groups -OCH3 is 1. The van der Waals surface area contributed by atoms with Crippen LogP contribution in [0.5, 0.6) is 0 Å². The molecule has 1 N–H and O–H groups in total. The molecule has 0 aliphatic heterocycles. The standard InChI is InChI=1S/C9H12.C6H13NO2.H2/c1-2-4-6-9-7-8(9)5-3-1;1-5(2)4-7-6(8)9-3;/h8-9H,3-7H2;5H,4H2,1-3H3,(H,7,8);1H/t8-,9+;;. The van der Waals surface area contributed by atoms with Crippen LogP contribution in [0.2, 0.25) is 0 Å². The average molecular weight is 253 g/mol. The van der Waals surface area contributed by atoms with Gasteiger partial charge in [0.25, 0.3) is 0 Å². The highest BCUT2D eigenvalue weighted by atomic mass is 16.5. The number of hydrogen-bond donors (Lipinski definition) is 1. The van der Waals surface area contributed by atoms with E-state index in [2.05, 4.69) is 21.9 Å². The smallest absolute Gasteiger partial charge is 0.406 e. The van der Waals surface area contributed by atoms with Crippen LogP contribution in [0.25, 0.3) is 0 Å². The van der Waals surface area contributed by atoms with Crippen molar-refractivity contribution in [1.82, 2.24) is 5.32 Å². The normalized spacial score (nSPS) is 24.2. The number of alkyl carbamates (subject to hydrolysis) is 1. The molecule has 1 saturated carbocycles. The fraction of sp³-hybridized carbons (Fsp3) is 0.800. The van der Waals surface area contributed by atoms with E-state index in [1.807, 2.05) is 13.8 Å². The van der Waals surface area contributed by atoms with Crippen molar-refractivity contribution in [3.05, 3.63) is 0 Å². The summed E-state index contributed by atoms with van der Waals surface area (Å²) in [6, 6.07) is 0. The van der Waals surface area contributed by atoms with Gasteiger partial charge in [0.1, 0.15) is 0 Å². The highest BCUT2D eigenvalue weighted by molar-refractivity contribution is 5.66. The highest BCUT2D eigenvalue weighted by Gasteiger charge is 2.35. The Labute approximate surface area is 112 Å². The molecule has 1 amide bonds. The highest BCUT2D eigenvalue weighted by Crippen LogP contribution is 2.45. The number of ether oxygens (including phenoxy) is 1. The fourth-order valence-electron chi connectivity index (χ4n) is 2.07. The summed E-state index contributed by atoms with van der Waals surface area (Å²) < 4.78 is 4.35. The zero-order chi connectivity index (χ0) is 13.4. The van der Waals surface area contributed by atoms with Gasteiger partial charge in [-0.05, 0) is 37.0 Å². The molecule has 18 heavy (non-hydrogen) atoms. The molecule has 0 bridgehead atoms. The molecule has 104 valence electrons. The van der Waals surface area contributed by atoms with Gasteiger partial charge in [0.05, 0.1) is 7.11 Å².